The molecule has 1 heterocycles. The van der Waals surface area contributed by atoms with Gasteiger partial charge in [0.05, 0.1) is 6.33 Å². The van der Waals surface area contributed by atoms with Crippen LogP contribution >= 0.6 is 0 Å². The van der Waals surface area contributed by atoms with Crippen LogP contribution in [0.3, 0.4) is 0 Å². The number of nitrogens with zero attached hydrogens (tertiary/aromatic N) is 2. The fourth-order valence-corrected chi connectivity index (χ4v) is 1.05. The van der Waals surface area contributed by atoms with Gasteiger partial charge in [0.2, 0.25) is 0 Å². The first-order chi connectivity index (χ1) is 5.22. The van der Waals surface area contributed by atoms with Crippen LogP contribution in [0.4, 0.5) is 0 Å². The number of hydrogen-bond donors (Lipinski definition) is 0. The second kappa shape index (κ2) is 3.60. The molecule has 0 bridgehead atoms. The van der Waals surface area contributed by atoms with E-state index in [9.17, 15) is 0 Å². The Balaban J connectivity index is 2.58. The van der Waals surface area contributed by atoms with Gasteiger partial charge in [0.15, 0.2) is 7.28 Å². The number of imidazole rings is 1. The molecule has 0 N–H and O–H groups in total. The average molecular weight is 149 g/mol. The highest BCUT2D eigenvalue weighted by Crippen LogP contribution is 1.96. The highest BCUT2D eigenvalue weighted by molar-refractivity contribution is 6.50. The minimum Gasteiger partial charge on any atom is -0.338 e. The summed E-state index contributed by atoms with van der Waals surface area (Å²) in [6.45, 7) is 7.47. The standard InChI is InChI=1S/C8H14BN2/c1-7(2)4-11-5-8(9-3)10-6-11/h5-7H,4H2,1-3H3. The Morgan fingerprint density at radius 1 is 1.64 bits per heavy atom. The van der Waals surface area contributed by atoms with Gasteiger partial charge in [-0.25, -0.2) is 0 Å². The van der Waals surface area contributed by atoms with Crippen molar-refractivity contribution < 1.29 is 0 Å². The van der Waals surface area contributed by atoms with Gasteiger partial charge in [-0.05, 0) is 5.92 Å². The Bertz CT molecular complexity index is 218. The Hall–Kier alpha value is -0.725. The second-order valence-electron chi connectivity index (χ2n) is 3.18. The average Bonchev–Trinajstić information content (AvgIpc) is 2.34. The summed E-state index contributed by atoms with van der Waals surface area (Å²) in [6, 6.07) is 0. The van der Waals surface area contributed by atoms with E-state index in [4.69, 9.17) is 0 Å². The van der Waals surface area contributed by atoms with Gasteiger partial charge in [-0.2, -0.15) is 0 Å². The summed E-state index contributed by atoms with van der Waals surface area (Å²) in [5, 5.41) is 0. The predicted octanol–water partition coefficient (Wildman–Crippen LogP) is 0.917. The zero-order valence-corrected chi connectivity index (χ0v) is 7.41. The molecule has 3 heteroatoms. The summed E-state index contributed by atoms with van der Waals surface area (Å²) in [5.74, 6) is 0.689. The van der Waals surface area contributed by atoms with Gasteiger partial charge in [-0.3, -0.25) is 4.98 Å². The Morgan fingerprint density at radius 3 is 2.82 bits per heavy atom. The van der Waals surface area contributed by atoms with Crippen LogP contribution in [0.1, 0.15) is 13.8 Å². The lowest BCUT2D eigenvalue weighted by Gasteiger charge is -2.03. The number of rotatable bonds is 3. The van der Waals surface area contributed by atoms with Crippen LogP contribution in [-0.4, -0.2) is 16.8 Å². The van der Waals surface area contributed by atoms with E-state index < -0.39 is 0 Å². The largest absolute Gasteiger partial charge is 0.338 e. The highest BCUT2D eigenvalue weighted by atomic mass is 15.0. The number of hydrogen-bond acceptors (Lipinski definition) is 1. The lowest BCUT2D eigenvalue weighted by molar-refractivity contribution is 0.523. The minimum absolute atomic E-state index is 0.689. The smallest absolute Gasteiger partial charge is 0.176 e. The molecule has 59 valence electrons. The zero-order valence-electron chi connectivity index (χ0n) is 7.41. The highest BCUT2D eigenvalue weighted by Gasteiger charge is 1.98. The molecule has 0 aliphatic carbocycles. The summed E-state index contributed by atoms with van der Waals surface area (Å²) < 4.78 is 2.12. The van der Waals surface area contributed by atoms with E-state index in [2.05, 4.69) is 29.6 Å². The molecule has 0 atom stereocenters. The fourth-order valence-electron chi connectivity index (χ4n) is 1.05. The summed E-state index contributed by atoms with van der Waals surface area (Å²) >= 11 is 0. The molecule has 1 aromatic rings. The van der Waals surface area contributed by atoms with Crippen molar-refractivity contribution in [3.63, 3.8) is 0 Å². The topological polar surface area (TPSA) is 17.8 Å². The molecule has 0 fully saturated rings. The van der Waals surface area contributed by atoms with Crippen LogP contribution in [0.25, 0.3) is 0 Å². The second-order valence-corrected chi connectivity index (χ2v) is 3.18. The van der Waals surface area contributed by atoms with Crippen molar-refractivity contribution in [2.45, 2.75) is 27.2 Å². The van der Waals surface area contributed by atoms with Gasteiger partial charge in [-0.15, -0.1) is 0 Å². The van der Waals surface area contributed by atoms with Crippen molar-refractivity contribution in [1.82, 2.24) is 9.55 Å². The van der Waals surface area contributed by atoms with Crippen molar-refractivity contribution in [3.05, 3.63) is 12.5 Å². The SMILES string of the molecule is C[B]c1cn(CC(C)C)cn1. The van der Waals surface area contributed by atoms with Crippen molar-refractivity contribution in [3.8, 4) is 0 Å². The van der Waals surface area contributed by atoms with Crippen LogP contribution in [0.15, 0.2) is 12.5 Å². The summed E-state index contributed by atoms with van der Waals surface area (Å²) in [7, 11) is 2.01. The third-order valence-electron chi connectivity index (χ3n) is 1.52. The van der Waals surface area contributed by atoms with Gasteiger partial charge in [0, 0.05) is 18.3 Å². The van der Waals surface area contributed by atoms with E-state index in [1.165, 1.54) is 0 Å². The molecular formula is C8H14BN2. The molecule has 0 amide bonds. The molecule has 2 nitrogen and oxygen atoms in total. The molecule has 0 spiro atoms. The molecule has 1 rings (SSSR count). The maximum absolute atomic E-state index is 4.20. The van der Waals surface area contributed by atoms with E-state index >= 15 is 0 Å². The fraction of sp³-hybridized carbons (Fsp3) is 0.625. The first-order valence-corrected chi connectivity index (χ1v) is 4.03. The van der Waals surface area contributed by atoms with E-state index in [1.54, 1.807) is 0 Å². The lowest BCUT2D eigenvalue weighted by atomic mass is 9.79. The minimum atomic E-state index is 0.689. The predicted molar refractivity (Wildman–Crippen MR) is 48.3 cm³/mol. The molecule has 1 aromatic heterocycles. The molecule has 0 aliphatic heterocycles. The van der Waals surface area contributed by atoms with Gasteiger partial charge in [-0.1, -0.05) is 20.7 Å². The van der Waals surface area contributed by atoms with Gasteiger partial charge < -0.3 is 4.57 Å². The van der Waals surface area contributed by atoms with Crippen molar-refractivity contribution in [1.29, 1.82) is 0 Å². The zero-order chi connectivity index (χ0) is 8.27. The Morgan fingerprint density at radius 2 is 2.36 bits per heavy atom. The van der Waals surface area contributed by atoms with Crippen molar-refractivity contribution in [2.75, 3.05) is 0 Å². The maximum Gasteiger partial charge on any atom is 0.176 e. The van der Waals surface area contributed by atoms with Crippen LogP contribution in [0, 0.1) is 5.92 Å². The third-order valence-corrected chi connectivity index (χ3v) is 1.52. The van der Waals surface area contributed by atoms with Gasteiger partial charge >= 0.3 is 0 Å². The molecule has 1 radical (unpaired) electrons. The Labute approximate surface area is 68.9 Å². The molecular weight excluding hydrogens is 135 g/mol. The van der Waals surface area contributed by atoms with Gasteiger partial charge in [0.1, 0.15) is 0 Å². The first kappa shape index (κ1) is 8.37. The lowest BCUT2D eigenvalue weighted by Crippen LogP contribution is -2.11. The van der Waals surface area contributed by atoms with Crippen LogP contribution < -0.4 is 5.59 Å². The van der Waals surface area contributed by atoms with E-state index in [0.717, 1.165) is 12.1 Å². The number of aromatic nitrogens is 2. The van der Waals surface area contributed by atoms with Crippen LogP contribution in [-0.2, 0) is 6.54 Å². The van der Waals surface area contributed by atoms with Crippen molar-refractivity contribution >= 4 is 12.9 Å². The van der Waals surface area contributed by atoms with E-state index in [0.29, 0.717) is 5.92 Å². The molecule has 0 aliphatic rings. The van der Waals surface area contributed by atoms with Gasteiger partial charge in [0.25, 0.3) is 0 Å². The summed E-state index contributed by atoms with van der Waals surface area (Å²) in [6.07, 6.45) is 3.95. The Kier molecular flexibility index (Phi) is 2.74. The van der Waals surface area contributed by atoms with E-state index in [1.807, 2.05) is 20.4 Å². The van der Waals surface area contributed by atoms with Crippen LogP contribution in [0.5, 0.6) is 0 Å². The summed E-state index contributed by atoms with van der Waals surface area (Å²) in [4.78, 5) is 4.20. The van der Waals surface area contributed by atoms with Crippen molar-refractivity contribution in [2.24, 2.45) is 5.92 Å². The maximum atomic E-state index is 4.20. The monoisotopic (exact) mass is 149 g/mol. The third kappa shape index (κ3) is 2.41. The molecule has 0 saturated heterocycles. The summed E-state index contributed by atoms with van der Waals surface area (Å²) in [5.41, 5.74) is 1.06. The molecule has 0 unspecified atom stereocenters. The molecule has 0 saturated carbocycles. The first-order valence-electron chi connectivity index (χ1n) is 4.03. The van der Waals surface area contributed by atoms with Crippen LogP contribution in [0.2, 0.25) is 6.82 Å². The normalized spacial score (nSPS) is 10.5. The van der Waals surface area contributed by atoms with E-state index in [-0.39, 0.29) is 0 Å². The quantitative estimate of drug-likeness (QED) is 0.584. The molecule has 0 aromatic carbocycles. The molecule has 11 heavy (non-hydrogen) atoms.